The molecule has 2 nitrogen and oxygen atoms in total. The van der Waals surface area contributed by atoms with Gasteiger partial charge in [-0.3, -0.25) is 0 Å². The second-order valence-corrected chi connectivity index (χ2v) is 5.89. The minimum absolute atomic E-state index is 0.185. The number of aliphatic hydroxyl groups excluding tert-OH is 1. The second-order valence-electron chi connectivity index (χ2n) is 3.81. The topological polar surface area (TPSA) is 32.3 Å². The van der Waals surface area contributed by atoms with Gasteiger partial charge in [-0.1, -0.05) is 0 Å². The Morgan fingerprint density at radius 3 is 2.58 bits per heavy atom. The number of hydrogen-bond donors (Lipinski definition) is 2. The minimum Gasteiger partial charge on any atom is -0.396 e. The predicted molar refractivity (Wildman–Crippen MR) is 76.7 cm³/mol. The molecular weight excluding hydrogens is 343 g/mol. The van der Waals surface area contributed by atoms with E-state index in [1.54, 1.807) is 11.8 Å². The molecule has 0 radical (unpaired) electrons. The van der Waals surface area contributed by atoms with Gasteiger partial charge in [0.05, 0.1) is 5.56 Å². The third kappa shape index (κ3) is 6.05. The van der Waals surface area contributed by atoms with E-state index < -0.39 is 11.7 Å². The van der Waals surface area contributed by atoms with Crippen LogP contribution >= 0.6 is 27.7 Å². The molecule has 0 aliphatic heterocycles. The number of nitrogens with one attached hydrogen (secondary N) is 1. The zero-order chi connectivity index (χ0) is 14.3. The second kappa shape index (κ2) is 8.01. The Bertz CT molecular complexity index is 401. The standard InChI is InChI=1S/C12H15BrF3NOS/c13-10-8-9(12(14,15)16)2-3-11(10)17-4-7-19-6-1-5-18/h2-3,8,17-18H,1,4-7H2. The summed E-state index contributed by atoms with van der Waals surface area (Å²) in [4.78, 5) is 0. The van der Waals surface area contributed by atoms with E-state index in [2.05, 4.69) is 21.2 Å². The number of halogens is 4. The molecule has 1 rings (SSSR count). The number of rotatable bonds is 7. The largest absolute Gasteiger partial charge is 0.416 e. The lowest BCUT2D eigenvalue weighted by Gasteiger charge is -2.11. The molecule has 0 amide bonds. The van der Waals surface area contributed by atoms with Gasteiger partial charge < -0.3 is 10.4 Å². The van der Waals surface area contributed by atoms with Crippen molar-refractivity contribution in [2.75, 3.05) is 30.0 Å². The first-order chi connectivity index (χ1) is 8.95. The van der Waals surface area contributed by atoms with Crippen molar-refractivity contribution in [2.45, 2.75) is 12.6 Å². The molecule has 0 aromatic heterocycles. The zero-order valence-electron chi connectivity index (χ0n) is 10.1. The van der Waals surface area contributed by atoms with Crippen molar-refractivity contribution < 1.29 is 18.3 Å². The lowest BCUT2D eigenvalue weighted by molar-refractivity contribution is -0.137. The number of alkyl halides is 3. The van der Waals surface area contributed by atoms with E-state index in [-0.39, 0.29) is 6.61 Å². The third-order valence-electron chi connectivity index (χ3n) is 2.31. The van der Waals surface area contributed by atoms with Crippen molar-refractivity contribution >= 4 is 33.4 Å². The van der Waals surface area contributed by atoms with Gasteiger partial charge in [0, 0.05) is 29.1 Å². The highest BCUT2D eigenvalue weighted by Crippen LogP contribution is 2.33. The van der Waals surface area contributed by atoms with Crippen molar-refractivity contribution in [1.29, 1.82) is 0 Å². The summed E-state index contributed by atoms with van der Waals surface area (Å²) in [5, 5.41) is 11.7. The van der Waals surface area contributed by atoms with Gasteiger partial charge in [0.2, 0.25) is 0 Å². The van der Waals surface area contributed by atoms with Gasteiger partial charge in [-0.25, -0.2) is 0 Å². The van der Waals surface area contributed by atoms with Crippen LogP contribution in [0, 0.1) is 0 Å². The van der Waals surface area contributed by atoms with E-state index in [0.717, 1.165) is 30.1 Å². The molecule has 0 saturated carbocycles. The van der Waals surface area contributed by atoms with Crippen LogP contribution in [0.2, 0.25) is 0 Å². The van der Waals surface area contributed by atoms with Crippen LogP contribution < -0.4 is 5.32 Å². The molecule has 7 heteroatoms. The summed E-state index contributed by atoms with van der Waals surface area (Å²) in [5.74, 6) is 1.72. The first-order valence-electron chi connectivity index (χ1n) is 5.74. The predicted octanol–water partition coefficient (Wildman–Crippen LogP) is 4.00. The average molecular weight is 358 g/mol. The maximum absolute atomic E-state index is 12.5. The van der Waals surface area contributed by atoms with Gasteiger partial charge in [0.25, 0.3) is 0 Å². The van der Waals surface area contributed by atoms with Crippen molar-refractivity contribution in [1.82, 2.24) is 0 Å². The number of aliphatic hydroxyl groups is 1. The summed E-state index contributed by atoms with van der Waals surface area (Å²) in [6, 6.07) is 3.55. The molecule has 108 valence electrons. The maximum atomic E-state index is 12.5. The fraction of sp³-hybridized carbons (Fsp3) is 0.500. The molecule has 0 spiro atoms. The Labute approximate surface area is 122 Å². The maximum Gasteiger partial charge on any atom is 0.416 e. The molecule has 2 N–H and O–H groups in total. The molecule has 0 atom stereocenters. The molecule has 0 aliphatic rings. The Balaban J connectivity index is 2.43. The smallest absolute Gasteiger partial charge is 0.396 e. The van der Waals surface area contributed by atoms with Gasteiger partial charge in [-0.05, 0) is 46.3 Å². The SMILES string of the molecule is OCCCSCCNc1ccc(C(F)(F)F)cc1Br. The summed E-state index contributed by atoms with van der Waals surface area (Å²) >= 11 is 4.82. The number of benzene rings is 1. The van der Waals surface area contributed by atoms with E-state index in [1.807, 2.05) is 0 Å². The summed E-state index contributed by atoms with van der Waals surface area (Å²) in [5.41, 5.74) is -0.0157. The van der Waals surface area contributed by atoms with Gasteiger partial charge in [-0.15, -0.1) is 0 Å². The summed E-state index contributed by atoms with van der Waals surface area (Å²) in [7, 11) is 0. The van der Waals surface area contributed by atoms with Crippen LogP contribution in [0.15, 0.2) is 22.7 Å². The molecular formula is C12H15BrF3NOS. The molecule has 0 bridgehead atoms. The van der Waals surface area contributed by atoms with E-state index in [9.17, 15) is 13.2 Å². The average Bonchev–Trinajstić information content (AvgIpc) is 2.34. The van der Waals surface area contributed by atoms with Crippen molar-refractivity contribution in [3.05, 3.63) is 28.2 Å². The first kappa shape index (κ1) is 16.7. The molecule has 19 heavy (non-hydrogen) atoms. The van der Waals surface area contributed by atoms with E-state index in [0.29, 0.717) is 16.7 Å². The lowest BCUT2D eigenvalue weighted by atomic mass is 10.2. The van der Waals surface area contributed by atoms with Crippen LogP contribution in [0.4, 0.5) is 18.9 Å². The lowest BCUT2D eigenvalue weighted by Crippen LogP contribution is -2.08. The highest BCUT2D eigenvalue weighted by atomic mass is 79.9. The van der Waals surface area contributed by atoms with Gasteiger partial charge in [0.1, 0.15) is 0 Å². The highest BCUT2D eigenvalue weighted by molar-refractivity contribution is 9.10. The third-order valence-corrected chi connectivity index (χ3v) is 4.03. The number of thioether (sulfide) groups is 1. The molecule has 0 saturated heterocycles. The molecule has 1 aromatic carbocycles. The number of anilines is 1. The van der Waals surface area contributed by atoms with Crippen LogP contribution in [0.5, 0.6) is 0 Å². The van der Waals surface area contributed by atoms with Crippen LogP contribution in [0.1, 0.15) is 12.0 Å². The normalized spacial score (nSPS) is 11.6. The molecule has 0 fully saturated rings. The quantitative estimate of drug-likeness (QED) is 0.723. The molecule has 1 aromatic rings. The van der Waals surface area contributed by atoms with E-state index in [1.165, 1.54) is 6.07 Å². The van der Waals surface area contributed by atoms with Crippen LogP contribution in [0.25, 0.3) is 0 Å². The minimum atomic E-state index is -4.32. The molecule has 0 heterocycles. The van der Waals surface area contributed by atoms with Crippen molar-refractivity contribution in [3.63, 3.8) is 0 Å². The fourth-order valence-corrected chi connectivity index (χ4v) is 2.66. The molecule has 0 aliphatic carbocycles. The summed E-state index contributed by atoms with van der Waals surface area (Å²) in [6.45, 7) is 0.852. The van der Waals surface area contributed by atoms with E-state index >= 15 is 0 Å². The monoisotopic (exact) mass is 357 g/mol. The summed E-state index contributed by atoms with van der Waals surface area (Å²) in [6.07, 6.45) is -3.56. The first-order valence-corrected chi connectivity index (χ1v) is 7.69. The zero-order valence-corrected chi connectivity index (χ0v) is 12.5. The van der Waals surface area contributed by atoms with Gasteiger partial charge in [0.15, 0.2) is 0 Å². The highest BCUT2D eigenvalue weighted by Gasteiger charge is 2.30. The molecule has 0 unspecified atom stereocenters. The Morgan fingerprint density at radius 1 is 1.26 bits per heavy atom. The van der Waals surface area contributed by atoms with Crippen LogP contribution in [-0.2, 0) is 6.18 Å². The Hall–Kier alpha value is -0.400. The van der Waals surface area contributed by atoms with Crippen LogP contribution in [0.3, 0.4) is 0 Å². The van der Waals surface area contributed by atoms with Gasteiger partial charge >= 0.3 is 6.18 Å². The van der Waals surface area contributed by atoms with Crippen LogP contribution in [-0.4, -0.2) is 29.8 Å². The fourth-order valence-electron chi connectivity index (χ4n) is 1.36. The Kier molecular flexibility index (Phi) is 7.02. The summed E-state index contributed by atoms with van der Waals surface area (Å²) < 4.78 is 37.8. The van der Waals surface area contributed by atoms with E-state index in [4.69, 9.17) is 5.11 Å². The Morgan fingerprint density at radius 2 is 2.00 bits per heavy atom. The van der Waals surface area contributed by atoms with Crippen molar-refractivity contribution in [2.24, 2.45) is 0 Å². The van der Waals surface area contributed by atoms with Crippen molar-refractivity contribution in [3.8, 4) is 0 Å². The van der Waals surface area contributed by atoms with Gasteiger partial charge in [-0.2, -0.15) is 24.9 Å². The number of hydrogen-bond acceptors (Lipinski definition) is 3.